The van der Waals surface area contributed by atoms with E-state index in [1.165, 1.54) is 0 Å². The maximum atomic E-state index is 12.1. The highest BCUT2D eigenvalue weighted by molar-refractivity contribution is 6.02. The van der Waals surface area contributed by atoms with Crippen molar-refractivity contribution in [2.24, 2.45) is 0 Å². The molecule has 0 radical (unpaired) electrons. The second-order valence-electron chi connectivity index (χ2n) is 4.93. The van der Waals surface area contributed by atoms with Crippen LogP contribution in [0.2, 0.25) is 0 Å². The van der Waals surface area contributed by atoms with Crippen molar-refractivity contribution in [2.45, 2.75) is 13.3 Å². The molecule has 0 fully saturated rings. The van der Waals surface area contributed by atoms with Crippen LogP contribution < -0.4 is 5.32 Å². The number of carbonyl (C=O) groups is 1. The lowest BCUT2D eigenvalue weighted by Crippen LogP contribution is -2.14. The molecule has 0 spiro atoms. The van der Waals surface area contributed by atoms with Crippen LogP contribution in [0.1, 0.15) is 11.3 Å². The van der Waals surface area contributed by atoms with Crippen molar-refractivity contribution < 1.29 is 4.79 Å². The van der Waals surface area contributed by atoms with Gasteiger partial charge in [0.1, 0.15) is 0 Å². The van der Waals surface area contributed by atoms with Gasteiger partial charge < -0.3 is 10.3 Å². The Morgan fingerprint density at radius 1 is 1.10 bits per heavy atom. The lowest BCUT2D eigenvalue weighted by atomic mass is 10.1. The Labute approximate surface area is 117 Å². The summed E-state index contributed by atoms with van der Waals surface area (Å²) in [6.07, 6.45) is 0.390. The van der Waals surface area contributed by atoms with Gasteiger partial charge in [-0.15, -0.1) is 0 Å². The third-order valence-corrected chi connectivity index (χ3v) is 3.28. The minimum Gasteiger partial charge on any atom is -0.359 e. The number of hydrogen-bond acceptors (Lipinski definition) is 1. The predicted molar refractivity (Wildman–Crippen MR) is 81.8 cm³/mol. The fraction of sp³-hybridized carbons (Fsp3) is 0.118. The smallest absolute Gasteiger partial charge is 0.228 e. The van der Waals surface area contributed by atoms with E-state index in [1.807, 2.05) is 61.5 Å². The van der Waals surface area contributed by atoms with E-state index in [2.05, 4.69) is 10.3 Å². The van der Waals surface area contributed by atoms with E-state index in [-0.39, 0.29) is 5.91 Å². The number of hydrogen-bond donors (Lipinski definition) is 2. The number of rotatable bonds is 3. The van der Waals surface area contributed by atoms with Gasteiger partial charge in [-0.25, -0.2) is 0 Å². The Morgan fingerprint density at radius 2 is 1.90 bits per heavy atom. The number of nitrogens with one attached hydrogen (secondary N) is 2. The van der Waals surface area contributed by atoms with Crippen LogP contribution in [0.25, 0.3) is 10.9 Å². The van der Waals surface area contributed by atoms with Crippen LogP contribution in [-0.2, 0) is 11.2 Å². The summed E-state index contributed by atoms with van der Waals surface area (Å²) in [5.41, 5.74) is 4.00. The SMILES string of the molecule is Cc1cc2c(NC(=O)Cc3ccccc3)cccc2[nH]1. The number of aromatic amines is 1. The number of aromatic nitrogens is 1. The van der Waals surface area contributed by atoms with Crippen LogP contribution in [0.3, 0.4) is 0 Å². The van der Waals surface area contributed by atoms with E-state index in [0.717, 1.165) is 27.8 Å². The minimum atomic E-state index is 0.00236. The molecule has 0 atom stereocenters. The largest absolute Gasteiger partial charge is 0.359 e. The highest BCUT2D eigenvalue weighted by atomic mass is 16.1. The summed E-state index contributed by atoms with van der Waals surface area (Å²) in [6, 6.07) is 17.7. The molecular formula is C17H16N2O. The van der Waals surface area contributed by atoms with Crippen molar-refractivity contribution in [3.8, 4) is 0 Å². The average molecular weight is 264 g/mol. The van der Waals surface area contributed by atoms with Crippen molar-refractivity contribution in [3.63, 3.8) is 0 Å². The molecule has 0 saturated heterocycles. The van der Waals surface area contributed by atoms with Gasteiger partial charge in [0.2, 0.25) is 5.91 Å². The van der Waals surface area contributed by atoms with Gasteiger partial charge in [0.25, 0.3) is 0 Å². The third kappa shape index (κ3) is 2.57. The van der Waals surface area contributed by atoms with E-state index in [0.29, 0.717) is 6.42 Å². The number of anilines is 1. The van der Waals surface area contributed by atoms with Gasteiger partial charge >= 0.3 is 0 Å². The molecule has 0 saturated carbocycles. The molecule has 3 rings (SSSR count). The lowest BCUT2D eigenvalue weighted by molar-refractivity contribution is -0.115. The summed E-state index contributed by atoms with van der Waals surface area (Å²) in [7, 11) is 0. The van der Waals surface area contributed by atoms with Crippen LogP contribution in [0.5, 0.6) is 0 Å². The number of H-pyrrole nitrogens is 1. The first-order valence-electron chi connectivity index (χ1n) is 6.64. The molecule has 3 aromatic rings. The summed E-state index contributed by atoms with van der Waals surface area (Å²) in [4.78, 5) is 15.4. The molecule has 100 valence electrons. The van der Waals surface area contributed by atoms with E-state index < -0.39 is 0 Å². The molecule has 2 N–H and O–H groups in total. The van der Waals surface area contributed by atoms with Crippen LogP contribution >= 0.6 is 0 Å². The average Bonchev–Trinajstić information content (AvgIpc) is 2.81. The Kier molecular flexibility index (Phi) is 3.25. The maximum Gasteiger partial charge on any atom is 0.228 e. The van der Waals surface area contributed by atoms with Crippen molar-refractivity contribution in [3.05, 3.63) is 65.9 Å². The molecule has 3 heteroatoms. The van der Waals surface area contributed by atoms with Gasteiger partial charge in [0.05, 0.1) is 12.1 Å². The molecule has 0 aliphatic carbocycles. The summed E-state index contributed by atoms with van der Waals surface area (Å²) in [6.45, 7) is 2.01. The first kappa shape index (κ1) is 12.5. The van der Waals surface area contributed by atoms with Gasteiger partial charge in [0.15, 0.2) is 0 Å². The Hall–Kier alpha value is -2.55. The van der Waals surface area contributed by atoms with Crippen molar-refractivity contribution in [2.75, 3.05) is 5.32 Å². The monoisotopic (exact) mass is 264 g/mol. The van der Waals surface area contributed by atoms with Gasteiger partial charge in [-0.1, -0.05) is 36.4 Å². The molecule has 0 aliphatic heterocycles. The predicted octanol–water partition coefficient (Wildman–Crippen LogP) is 3.66. The second-order valence-corrected chi connectivity index (χ2v) is 4.93. The molecule has 3 nitrogen and oxygen atoms in total. The van der Waals surface area contributed by atoms with Gasteiger partial charge in [-0.05, 0) is 30.7 Å². The zero-order valence-electron chi connectivity index (χ0n) is 11.3. The fourth-order valence-corrected chi connectivity index (χ4v) is 2.38. The number of amides is 1. The van der Waals surface area contributed by atoms with Crippen LogP contribution in [0.4, 0.5) is 5.69 Å². The molecule has 0 bridgehead atoms. The number of benzene rings is 2. The molecule has 1 aromatic heterocycles. The molecule has 0 unspecified atom stereocenters. The molecule has 1 amide bonds. The minimum absolute atomic E-state index is 0.00236. The van der Waals surface area contributed by atoms with Gasteiger partial charge in [0, 0.05) is 16.6 Å². The number of aryl methyl sites for hydroxylation is 1. The first-order chi connectivity index (χ1) is 9.72. The second kappa shape index (κ2) is 5.21. The lowest BCUT2D eigenvalue weighted by Gasteiger charge is -2.06. The zero-order chi connectivity index (χ0) is 13.9. The van der Waals surface area contributed by atoms with Gasteiger partial charge in [-0.3, -0.25) is 4.79 Å². The van der Waals surface area contributed by atoms with Crippen LogP contribution in [0, 0.1) is 6.92 Å². The maximum absolute atomic E-state index is 12.1. The van der Waals surface area contributed by atoms with Crippen molar-refractivity contribution in [1.29, 1.82) is 0 Å². The number of carbonyl (C=O) groups excluding carboxylic acids is 1. The van der Waals surface area contributed by atoms with Crippen LogP contribution in [-0.4, -0.2) is 10.9 Å². The summed E-state index contributed by atoms with van der Waals surface area (Å²) >= 11 is 0. The molecular weight excluding hydrogens is 248 g/mol. The Morgan fingerprint density at radius 3 is 2.70 bits per heavy atom. The quantitative estimate of drug-likeness (QED) is 0.745. The molecule has 20 heavy (non-hydrogen) atoms. The third-order valence-electron chi connectivity index (χ3n) is 3.28. The van der Waals surface area contributed by atoms with E-state index in [1.54, 1.807) is 0 Å². The Balaban J connectivity index is 1.81. The van der Waals surface area contributed by atoms with Crippen LogP contribution in [0.15, 0.2) is 54.6 Å². The number of fused-ring (bicyclic) bond motifs is 1. The fourth-order valence-electron chi connectivity index (χ4n) is 2.38. The Bertz CT molecular complexity index is 744. The standard InChI is InChI=1S/C17H16N2O/c1-12-10-14-15(18-12)8-5-9-16(14)19-17(20)11-13-6-3-2-4-7-13/h2-10,18H,11H2,1H3,(H,19,20). The van der Waals surface area contributed by atoms with Gasteiger partial charge in [-0.2, -0.15) is 0 Å². The van der Waals surface area contributed by atoms with E-state index >= 15 is 0 Å². The topological polar surface area (TPSA) is 44.9 Å². The summed E-state index contributed by atoms with van der Waals surface area (Å²) in [5.74, 6) is 0.00236. The van der Waals surface area contributed by atoms with Crippen molar-refractivity contribution >= 4 is 22.5 Å². The highest BCUT2D eigenvalue weighted by Gasteiger charge is 2.08. The van der Waals surface area contributed by atoms with Crippen molar-refractivity contribution in [1.82, 2.24) is 4.98 Å². The highest BCUT2D eigenvalue weighted by Crippen LogP contribution is 2.24. The molecule has 0 aliphatic rings. The normalized spacial score (nSPS) is 10.7. The zero-order valence-corrected chi connectivity index (χ0v) is 11.3. The first-order valence-corrected chi connectivity index (χ1v) is 6.64. The molecule has 2 aromatic carbocycles. The van der Waals surface area contributed by atoms with E-state index in [9.17, 15) is 4.79 Å². The summed E-state index contributed by atoms with van der Waals surface area (Å²) in [5, 5.41) is 4.04. The van der Waals surface area contributed by atoms with E-state index in [4.69, 9.17) is 0 Å². The molecule has 1 heterocycles. The summed E-state index contributed by atoms with van der Waals surface area (Å²) < 4.78 is 0.